The lowest BCUT2D eigenvalue weighted by molar-refractivity contribution is 0.0600. The molecular weight excluding hydrogens is 392 g/mol. The number of piperazine rings is 1. The maximum Gasteiger partial charge on any atom is 0.337 e. The molecule has 1 aliphatic heterocycles. The van der Waals surface area contributed by atoms with Crippen molar-refractivity contribution in [3.8, 4) is 0 Å². The van der Waals surface area contributed by atoms with Gasteiger partial charge in [-0.1, -0.05) is 13.8 Å². The highest BCUT2D eigenvalue weighted by Gasteiger charge is 2.29. The molecule has 0 N–H and O–H groups in total. The zero-order valence-electron chi connectivity index (χ0n) is 17.1. The summed E-state index contributed by atoms with van der Waals surface area (Å²) in [5, 5.41) is 0. The van der Waals surface area contributed by atoms with Gasteiger partial charge in [0.2, 0.25) is 10.0 Å². The Morgan fingerprint density at radius 3 is 2.24 bits per heavy atom. The fourth-order valence-corrected chi connectivity index (χ4v) is 4.60. The number of sulfonamides is 1. The number of esters is 1. The van der Waals surface area contributed by atoms with E-state index in [0.717, 1.165) is 17.3 Å². The van der Waals surface area contributed by atoms with Crippen LogP contribution in [0.4, 0.5) is 5.82 Å². The number of rotatable bonds is 5. The molecule has 0 bridgehead atoms. The van der Waals surface area contributed by atoms with Gasteiger partial charge in [-0.15, -0.1) is 0 Å². The van der Waals surface area contributed by atoms with E-state index in [2.05, 4.69) is 33.5 Å². The first-order valence-corrected chi connectivity index (χ1v) is 11.0. The zero-order chi connectivity index (χ0) is 21.2. The van der Waals surface area contributed by atoms with Gasteiger partial charge in [-0.25, -0.2) is 23.2 Å². The van der Waals surface area contributed by atoms with Crippen molar-refractivity contribution >= 4 is 21.8 Å². The van der Waals surface area contributed by atoms with Crippen LogP contribution in [-0.4, -0.2) is 61.9 Å². The molecule has 1 aliphatic rings. The van der Waals surface area contributed by atoms with Gasteiger partial charge in [-0.2, -0.15) is 4.31 Å². The molecule has 0 amide bonds. The fourth-order valence-electron chi connectivity index (χ4n) is 3.18. The topological polar surface area (TPSA) is 92.7 Å². The van der Waals surface area contributed by atoms with Crippen LogP contribution in [0.25, 0.3) is 0 Å². The van der Waals surface area contributed by atoms with Crippen molar-refractivity contribution in [2.45, 2.75) is 31.6 Å². The molecule has 1 aromatic heterocycles. The van der Waals surface area contributed by atoms with Crippen molar-refractivity contribution < 1.29 is 17.9 Å². The Hall–Kier alpha value is -2.52. The molecule has 0 spiro atoms. The summed E-state index contributed by atoms with van der Waals surface area (Å²) in [6, 6.07) is 7.74. The molecule has 0 unspecified atom stereocenters. The van der Waals surface area contributed by atoms with Crippen LogP contribution in [0, 0.1) is 6.92 Å². The van der Waals surface area contributed by atoms with Gasteiger partial charge >= 0.3 is 5.97 Å². The first-order valence-electron chi connectivity index (χ1n) is 9.51. The average molecular weight is 419 g/mol. The summed E-state index contributed by atoms with van der Waals surface area (Å²) in [6.45, 7) is 7.86. The van der Waals surface area contributed by atoms with E-state index in [1.165, 1.54) is 35.7 Å². The van der Waals surface area contributed by atoms with Crippen LogP contribution in [-0.2, 0) is 14.8 Å². The number of aromatic nitrogens is 2. The molecule has 9 heteroatoms. The lowest BCUT2D eigenvalue weighted by Crippen LogP contribution is -2.49. The molecule has 156 valence electrons. The monoisotopic (exact) mass is 418 g/mol. The van der Waals surface area contributed by atoms with E-state index >= 15 is 0 Å². The molecule has 0 aliphatic carbocycles. The number of aryl methyl sites for hydroxylation is 1. The summed E-state index contributed by atoms with van der Waals surface area (Å²) in [6.07, 6.45) is 0. The Morgan fingerprint density at radius 1 is 1.07 bits per heavy atom. The number of nitrogens with zero attached hydrogens (tertiary/aromatic N) is 4. The lowest BCUT2D eigenvalue weighted by Gasteiger charge is -2.35. The van der Waals surface area contributed by atoms with Crippen LogP contribution in [0.5, 0.6) is 0 Å². The third kappa shape index (κ3) is 4.56. The highest BCUT2D eigenvalue weighted by atomic mass is 32.2. The number of carbonyl (C=O) groups excluding carboxylic acids is 1. The average Bonchev–Trinajstić information content (AvgIpc) is 2.72. The lowest BCUT2D eigenvalue weighted by atomic mass is 10.2. The van der Waals surface area contributed by atoms with E-state index < -0.39 is 16.0 Å². The second kappa shape index (κ2) is 8.46. The first-order chi connectivity index (χ1) is 13.7. The molecule has 1 aromatic carbocycles. The summed E-state index contributed by atoms with van der Waals surface area (Å²) in [5.74, 6) is 1.35. The highest BCUT2D eigenvalue weighted by molar-refractivity contribution is 7.89. The van der Waals surface area contributed by atoms with Gasteiger partial charge < -0.3 is 9.64 Å². The second-order valence-corrected chi connectivity index (χ2v) is 9.23. The smallest absolute Gasteiger partial charge is 0.337 e. The van der Waals surface area contributed by atoms with Crippen LogP contribution < -0.4 is 4.90 Å². The van der Waals surface area contributed by atoms with Crippen molar-refractivity contribution in [1.82, 2.24) is 14.3 Å². The molecule has 1 saturated heterocycles. The SMILES string of the molecule is COC(=O)c1ccc(S(=O)(=O)N2CCN(c3cc(C)nc(C(C)C)n3)CC2)cc1. The summed E-state index contributed by atoms with van der Waals surface area (Å²) < 4.78 is 32.0. The van der Waals surface area contributed by atoms with Crippen molar-refractivity contribution in [3.63, 3.8) is 0 Å². The first kappa shape index (κ1) is 21.2. The predicted octanol–water partition coefficient (Wildman–Crippen LogP) is 2.21. The number of benzene rings is 1. The molecular formula is C20H26N4O4S. The van der Waals surface area contributed by atoms with Gasteiger partial charge in [-0.05, 0) is 31.2 Å². The maximum absolute atomic E-state index is 12.9. The minimum atomic E-state index is -3.62. The van der Waals surface area contributed by atoms with Gasteiger partial charge in [0.1, 0.15) is 11.6 Å². The molecule has 0 radical (unpaired) electrons. The molecule has 0 saturated carbocycles. The number of hydrogen-bond acceptors (Lipinski definition) is 7. The largest absolute Gasteiger partial charge is 0.465 e. The van der Waals surface area contributed by atoms with E-state index in [-0.39, 0.29) is 10.8 Å². The van der Waals surface area contributed by atoms with Gasteiger partial charge in [0, 0.05) is 43.9 Å². The number of methoxy groups -OCH3 is 1. The van der Waals surface area contributed by atoms with Crippen molar-refractivity contribution in [3.05, 3.63) is 47.4 Å². The fraction of sp³-hybridized carbons (Fsp3) is 0.450. The maximum atomic E-state index is 12.9. The van der Waals surface area contributed by atoms with Crippen LogP contribution in [0.15, 0.2) is 35.2 Å². The molecule has 8 nitrogen and oxygen atoms in total. The Bertz CT molecular complexity index is 982. The number of hydrogen-bond donors (Lipinski definition) is 0. The van der Waals surface area contributed by atoms with Gasteiger partial charge in [0.25, 0.3) is 0 Å². The van der Waals surface area contributed by atoms with Gasteiger partial charge in [0.15, 0.2) is 0 Å². The van der Waals surface area contributed by atoms with Crippen molar-refractivity contribution in [2.24, 2.45) is 0 Å². The van der Waals surface area contributed by atoms with E-state index in [4.69, 9.17) is 0 Å². The van der Waals surface area contributed by atoms with E-state index in [9.17, 15) is 13.2 Å². The molecule has 3 rings (SSSR count). The Kier molecular flexibility index (Phi) is 6.18. The predicted molar refractivity (Wildman–Crippen MR) is 110 cm³/mol. The van der Waals surface area contributed by atoms with Crippen molar-refractivity contribution in [1.29, 1.82) is 0 Å². The summed E-state index contributed by atoms with van der Waals surface area (Å²) in [7, 11) is -2.34. The zero-order valence-corrected chi connectivity index (χ0v) is 17.9. The number of ether oxygens (including phenoxy) is 1. The van der Waals surface area contributed by atoms with Crippen molar-refractivity contribution in [2.75, 3.05) is 38.2 Å². The molecule has 2 heterocycles. The molecule has 2 aromatic rings. The third-order valence-corrected chi connectivity index (χ3v) is 6.76. The van der Waals surface area contributed by atoms with E-state index in [0.29, 0.717) is 31.7 Å². The standard InChI is InChI=1S/C20H26N4O4S/c1-14(2)19-21-15(3)13-18(22-19)23-9-11-24(12-10-23)29(26,27)17-7-5-16(6-8-17)20(25)28-4/h5-8,13-14H,9-12H2,1-4H3. The molecule has 0 atom stereocenters. The van der Waals surface area contributed by atoms with E-state index in [1.54, 1.807) is 0 Å². The Labute approximate surface area is 171 Å². The minimum Gasteiger partial charge on any atom is -0.465 e. The Morgan fingerprint density at radius 2 is 1.69 bits per heavy atom. The normalized spacial score (nSPS) is 15.6. The second-order valence-electron chi connectivity index (χ2n) is 7.29. The van der Waals surface area contributed by atoms with Crippen LogP contribution in [0.3, 0.4) is 0 Å². The van der Waals surface area contributed by atoms with E-state index in [1.807, 2.05) is 13.0 Å². The summed E-state index contributed by atoms with van der Waals surface area (Å²) in [4.78, 5) is 22.9. The molecule has 29 heavy (non-hydrogen) atoms. The van der Waals surface area contributed by atoms with Crippen LogP contribution in [0.1, 0.15) is 41.6 Å². The number of carbonyl (C=O) groups is 1. The van der Waals surface area contributed by atoms with Gasteiger partial charge in [0.05, 0.1) is 17.6 Å². The van der Waals surface area contributed by atoms with Gasteiger partial charge in [-0.3, -0.25) is 0 Å². The minimum absolute atomic E-state index is 0.165. The Balaban J connectivity index is 1.72. The summed E-state index contributed by atoms with van der Waals surface area (Å²) in [5.41, 5.74) is 1.22. The summed E-state index contributed by atoms with van der Waals surface area (Å²) >= 11 is 0. The number of anilines is 1. The third-order valence-electron chi connectivity index (χ3n) is 4.85. The van der Waals surface area contributed by atoms with Crippen LogP contribution in [0.2, 0.25) is 0 Å². The quantitative estimate of drug-likeness (QED) is 0.687. The highest BCUT2D eigenvalue weighted by Crippen LogP contribution is 2.22. The van der Waals surface area contributed by atoms with Crippen LogP contribution >= 0.6 is 0 Å². The molecule has 1 fully saturated rings.